The molecule has 4 aromatic rings. The second kappa shape index (κ2) is 6.29. The van der Waals surface area contributed by atoms with Crippen LogP contribution in [-0.2, 0) is 0 Å². The molecule has 124 valence electrons. The van der Waals surface area contributed by atoms with Gasteiger partial charge in [0.05, 0.1) is 16.7 Å². The molecule has 8 nitrogen and oxygen atoms in total. The number of primary amides is 1. The summed E-state index contributed by atoms with van der Waals surface area (Å²) in [4.78, 5) is 23.9. The fraction of sp³-hybridized carbons (Fsp3) is 0. The van der Waals surface area contributed by atoms with Gasteiger partial charge in [0.2, 0.25) is 0 Å². The van der Waals surface area contributed by atoms with Gasteiger partial charge in [0, 0.05) is 9.79 Å². The van der Waals surface area contributed by atoms with Gasteiger partial charge in [0.1, 0.15) is 12.7 Å². The number of nitrogens with two attached hydrogens (primary N) is 1. The molecule has 0 radical (unpaired) electrons. The van der Waals surface area contributed by atoms with Gasteiger partial charge in [-0.2, -0.15) is 10.1 Å². The Hall–Kier alpha value is -3.33. The van der Waals surface area contributed by atoms with Crippen molar-refractivity contribution >= 4 is 28.9 Å². The van der Waals surface area contributed by atoms with Crippen molar-refractivity contribution in [3.63, 3.8) is 0 Å². The van der Waals surface area contributed by atoms with E-state index in [0.29, 0.717) is 5.52 Å². The summed E-state index contributed by atoms with van der Waals surface area (Å²) in [7, 11) is 0. The highest BCUT2D eigenvalue weighted by Gasteiger charge is 2.08. The van der Waals surface area contributed by atoms with E-state index in [4.69, 9.17) is 10.5 Å². The van der Waals surface area contributed by atoms with Crippen molar-refractivity contribution in [3.05, 3.63) is 55.1 Å². The first kappa shape index (κ1) is 15.2. The molecule has 0 atom stereocenters. The maximum atomic E-state index is 10.8. The number of hydrogen-bond acceptors (Lipinski definition) is 6. The summed E-state index contributed by atoms with van der Waals surface area (Å²) < 4.78 is 6.46. The molecule has 0 aliphatic carbocycles. The third-order valence-corrected chi connectivity index (χ3v) is 4.38. The SMILES string of the molecule is NC(=O)Oc1nc2cc(Sc3ccc(-n4cncn4)cc3)ccc2[nH]1. The first-order chi connectivity index (χ1) is 12.2. The number of carbonyl (C=O) groups excluding carboxylic acids is 1. The summed E-state index contributed by atoms with van der Waals surface area (Å²) in [6.07, 6.45) is 2.25. The zero-order valence-corrected chi connectivity index (χ0v) is 13.6. The van der Waals surface area contributed by atoms with Crippen LogP contribution in [-0.4, -0.2) is 30.8 Å². The van der Waals surface area contributed by atoms with Crippen LogP contribution in [0.5, 0.6) is 6.01 Å². The van der Waals surface area contributed by atoms with Gasteiger partial charge in [0.15, 0.2) is 0 Å². The number of H-pyrrole nitrogens is 1. The zero-order valence-electron chi connectivity index (χ0n) is 12.8. The largest absolute Gasteiger partial charge is 0.412 e. The molecule has 3 N–H and O–H groups in total. The number of ether oxygens (including phenoxy) is 1. The molecule has 4 rings (SSSR count). The molecule has 0 unspecified atom stereocenters. The topological polar surface area (TPSA) is 112 Å². The standard InChI is InChI=1S/C16H12N6O2S/c17-15(23)24-16-20-13-6-5-12(7-14(13)21-16)25-11-3-1-10(2-4-11)22-9-18-8-19-22/h1-9H,(H2,17,23)(H,20,21). The molecule has 9 heteroatoms. The van der Waals surface area contributed by atoms with Crippen molar-refractivity contribution in [1.82, 2.24) is 24.7 Å². The van der Waals surface area contributed by atoms with Gasteiger partial charge in [-0.15, -0.1) is 0 Å². The summed E-state index contributed by atoms with van der Waals surface area (Å²) in [6, 6.07) is 13.8. The molecule has 1 amide bonds. The normalized spacial score (nSPS) is 10.9. The Balaban J connectivity index is 1.54. The molecule has 25 heavy (non-hydrogen) atoms. The Morgan fingerprint density at radius 1 is 1.16 bits per heavy atom. The molecule has 0 bridgehead atoms. The average Bonchev–Trinajstić information content (AvgIpc) is 3.24. The summed E-state index contributed by atoms with van der Waals surface area (Å²) >= 11 is 1.60. The van der Waals surface area contributed by atoms with E-state index < -0.39 is 6.09 Å². The quantitative estimate of drug-likeness (QED) is 0.584. The van der Waals surface area contributed by atoms with Crippen LogP contribution in [0.15, 0.2) is 64.9 Å². The van der Waals surface area contributed by atoms with Gasteiger partial charge in [-0.1, -0.05) is 11.8 Å². The molecule has 0 fully saturated rings. The fourth-order valence-electron chi connectivity index (χ4n) is 2.31. The third-order valence-electron chi connectivity index (χ3n) is 3.39. The molecule has 0 saturated heterocycles. The number of hydrogen-bond donors (Lipinski definition) is 2. The number of carbonyl (C=O) groups is 1. The molecule has 2 aromatic carbocycles. The Morgan fingerprint density at radius 2 is 1.96 bits per heavy atom. The van der Waals surface area contributed by atoms with E-state index in [9.17, 15) is 4.79 Å². The van der Waals surface area contributed by atoms with Gasteiger partial charge >= 0.3 is 12.1 Å². The average molecular weight is 352 g/mol. The molecular weight excluding hydrogens is 340 g/mol. The van der Waals surface area contributed by atoms with E-state index in [-0.39, 0.29) is 6.01 Å². The van der Waals surface area contributed by atoms with Crippen molar-refractivity contribution in [3.8, 4) is 11.7 Å². The number of amides is 1. The second-order valence-corrected chi connectivity index (χ2v) is 6.22. The number of fused-ring (bicyclic) bond motifs is 1. The van der Waals surface area contributed by atoms with Gasteiger partial charge in [0.25, 0.3) is 0 Å². The van der Waals surface area contributed by atoms with Crippen molar-refractivity contribution in [2.75, 3.05) is 0 Å². The first-order valence-corrected chi connectivity index (χ1v) is 8.09. The highest BCUT2D eigenvalue weighted by Crippen LogP contribution is 2.30. The Kier molecular flexibility index (Phi) is 3.82. The Bertz CT molecular complexity index is 1030. The molecule has 0 saturated carbocycles. The number of benzene rings is 2. The predicted octanol–water partition coefficient (Wildman–Crippen LogP) is 2.75. The first-order valence-electron chi connectivity index (χ1n) is 7.27. The van der Waals surface area contributed by atoms with E-state index in [1.165, 1.54) is 6.33 Å². The van der Waals surface area contributed by atoms with E-state index in [1.54, 1.807) is 22.8 Å². The zero-order chi connectivity index (χ0) is 17.2. The highest BCUT2D eigenvalue weighted by atomic mass is 32.2. The van der Waals surface area contributed by atoms with Gasteiger partial charge in [-0.3, -0.25) is 0 Å². The number of aromatic nitrogens is 5. The Morgan fingerprint density at radius 3 is 2.68 bits per heavy atom. The number of rotatable bonds is 4. The van der Waals surface area contributed by atoms with Crippen LogP contribution in [0.2, 0.25) is 0 Å². The van der Waals surface area contributed by atoms with E-state index in [2.05, 4.69) is 20.1 Å². The fourth-order valence-corrected chi connectivity index (χ4v) is 3.16. The summed E-state index contributed by atoms with van der Waals surface area (Å²) in [5.41, 5.74) is 7.39. The number of nitrogens with zero attached hydrogens (tertiary/aromatic N) is 4. The Labute approximate surface area is 146 Å². The lowest BCUT2D eigenvalue weighted by Gasteiger charge is -2.04. The third kappa shape index (κ3) is 3.31. The van der Waals surface area contributed by atoms with Crippen LogP contribution in [0.25, 0.3) is 16.7 Å². The summed E-state index contributed by atoms with van der Waals surface area (Å²) in [5, 5.41) is 4.10. The van der Waals surface area contributed by atoms with Crippen LogP contribution in [0.1, 0.15) is 0 Å². The van der Waals surface area contributed by atoms with Gasteiger partial charge in [-0.05, 0) is 42.5 Å². The lowest BCUT2D eigenvalue weighted by atomic mass is 10.3. The number of nitrogens with one attached hydrogen (secondary N) is 1. The number of imidazole rings is 1. The number of aromatic amines is 1. The maximum Gasteiger partial charge on any atom is 0.412 e. The lowest BCUT2D eigenvalue weighted by molar-refractivity contribution is 0.207. The smallest absolute Gasteiger partial charge is 0.376 e. The van der Waals surface area contributed by atoms with Gasteiger partial charge < -0.3 is 15.5 Å². The summed E-state index contributed by atoms with van der Waals surface area (Å²) in [5.74, 6) is 0. The van der Waals surface area contributed by atoms with Crippen molar-refractivity contribution in [2.45, 2.75) is 9.79 Å². The molecule has 0 spiro atoms. The van der Waals surface area contributed by atoms with Crippen molar-refractivity contribution in [2.24, 2.45) is 5.73 Å². The highest BCUT2D eigenvalue weighted by molar-refractivity contribution is 7.99. The second-order valence-electron chi connectivity index (χ2n) is 5.08. The predicted molar refractivity (Wildman–Crippen MR) is 91.8 cm³/mol. The molecule has 0 aliphatic heterocycles. The van der Waals surface area contributed by atoms with Crippen LogP contribution in [0.4, 0.5) is 4.79 Å². The van der Waals surface area contributed by atoms with E-state index >= 15 is 0 Å². The minimum atomic E-state index is -0.902. The van der Waals surface area contributed by atoms with Crippen molar-refractivity contribution < 1.29 is 9.53 Å². The summed E-state index contributed by atoms with van der Waals surface area (Å²) in [6.45, 7) is 0. The van der Waals surface area contributed by atoms with Crippen molar-refractivity contribution in [1.29, 1.82) is 0 Å². The monoisotopic (exact) mass is 352 g/mol. The molecule has 2 aromatic heterocycles. The minimum Gasteiger partial charge on any atom is -0.376 e. The van der Waals surface area contributed by atoms with Crippen LogP contribution in [0.3, 0.4) is 0 Å². The van der Waals surface area contributed by atoms with Crippen LogP contribution >= 0.6 is 11.8 Å². The molecular formula is C16H12N6O2S. The minimum absolute atomic E-state index is 0.0850. The molecule has 2 heterocycles. The lowest BCUT2D eigenvalue weighted by Crippen LogP contribution is -2.16. The molecule has 0 aliphatic rings. The van der Waals surface area contributed by atoms with Gasteiger partial charge in [-0.25, -0.2) is 14.5 Å². The maximum absolute atomic E-state index is 10.8. The van der Waals surface area contributed by atoms with E-state index in [0.717, 1.165) is 21.0 Å². The van der Waals surface area contributed by atoms with Crippen LogP contribution < -0.4 is 10.5 Å². The van der Waals surface area contributed by atoms with Crippen LogP contribution in [0, 0.1) is 0 Å². The van der Waals surface area contributed by atoms with E-state index in [1.807, 2.05) is 42.5 Å².